The van der Waals surface area contributed by atoms with E-state index in [0.29, 0.717) is 0 Å². The fourth-order valence-corrected chi connectivity index (χ4v) is 2.11. The Hall–Kier alpha value is -2.11. The minimum Gasteiger partial charge on any atom is -0.297 e. The second kappa shape index (κ2) is 6.72. The van der Waals surface area contributed by atoms with E-state index in [1.807, 2.05) is 36.4 Å². The molecule has 2 heteroatoms. The van der Waals surface area contributed by atoms with Crippen LogP contribution in [0.2, 0.25) is 0 Å². The molecular weight excluding hydrogens is 232 g/mol. The van der Waals surface area contributed by atoms with Crippen molar-refractivity contribution in [1.29, 1.82) is 5.26 Å². The molecule has 2 unspecified atom stereocenters. The van der Waals surface area contributed by atoms with Gasteiger partial charge in [0, 0.05) is 12.5 Å². The van der Waals surface area contributed by atoms with Crippen LogP contribution < -0.4 is 5.32 Å². The van der Waals surface area contributed by atoms with E-state index < -0.39 is 0 Å². The van der Waals surface area contributed by atoms with Gasteiger partial charge in [-0.15, -0.1) is 0 Å². The average Bonchev–Trinajstić information content (AvgIpc) is 2.49. The van der Waals surface area contributed by atoms with E-state index in [2.05, 4.69) is 42.6 Å². The van der Waals surface area contributed by atoms with Gasteiger partial charge in [-0.1, -0.05) is 67.6 Å². The smallest absolute Gasteiger partial charge is 0.102 e. The second-order valence-corrected chi connectivity index (χ2v) is 4.67. The zero-order valence-corrected chi connectivity index (χ0v) is 11.1. The van der Waals surface area contributed by atoms with Gasteiger partial charge in [0.1, 0.15) is 6.04 Å². The molecule has 96 valence electrons. The fourth-order valence-electron chi connectivity index (χ4n) is 2.11. The topological polar surface area (TPSA) is 35.8 Å². The molecule has 0 aromatic heterocycles. The lowest BCUT2D eigenvalue weighted by Crippen LogP contribution is -2.32. The lowest BCUT2D eigenvalue weighted by Gasteiger charge is -2.19. The van der Waals surface area contributed by atoms with Gasteiger partial charge in [0.25, 0.3) is 0 Å². The maximum absolute atomic E-state index is 9.32. The number of nitrogens with one attached hydrogen (secondary N) is 1. The first-order chi connectivity index (χ1) is 9.31. The predicted molar refractivity (Wildman–Crippen MR) is 77.5 cm³/mol. The Labute approximate surface area is 114 Å². The van der Waals surface area contributed by atoms with Crippen LogP contribution in [0.1, 0.15) is 24.0 Å². The third-order valence-corrected chi connectivity index (χ3v) is 3.33. The summed E-state index contributed by atoms with van der Waals surface area (Å²) >= 11 is 0. The number of rotatable bonds is 5. The van der Waals surface area contributed by atoms with E-state index in [4.69, 9.17) is 0 Å². The molecule has 1 N–H and O–H groups in total. The van der Waals surface area contributed by atoms with E-state index in [0.717, 1.165) is 6.54 Å². The van der Waals surface area contributed by atoms with Crippen LogP contribution in [-0.4, -0.2) is 6.04 Å². The van der Waals surface area contributed by atoms with E-state index in [-0.39, 0.29) is 12.0 Å². The molecule has 0 radical (unpaired) electrons. The molecule has 0 saturated carbocycles. The first kappa shape index (κ1) is 13.3. The summed E-state index contributed by atoms with van der Waals surface area (Å²) in [7, 11) is 0. The molecule has 0 spiro atoms. The summed E-state index contributed by atoms with van der Waals surface area (Å²) in [5.41, 5.74) is 2.39. The van der Waals surface area contributed by atoms with Gasteiger partial charge in [0.15, 0.2) is 0 Å². The Bertz CT molecular complexity index is 528. The van der Waals surface area contributed by atoms with Crippen LogP contribution in [0.5, 0.6) is 0 Å². The first-order valence-electron chi connectivity index (χ1n) is 6.53. The molecule has 0 aliphatic heterocycles. The lowest BCUT2D eigenvalue weighted by atomic mass is 9.94. The minimum atomic E-state index is -0.178. The largest absolute Gasteiger partial charge is 0.297 e. The predicted octanol–water partition coefficient (Wildman–Crippen LogP) is 3.47. The van der Waals surface area contributed by atoms with Crippen molar-refractivity contribution in [2.24, 2.45) is 0 Å². The number of hydrogen-bond donors (Lipinski definition) is 1. The summed E-state index contributed by atoms with van der Waals surface area (Å²) in [5.74, 6) is 0.176. The Kier molecular flexibility index (Phi) is 4.72. The SMILES string of the molecule is CC(c1ccccc1)C(C#N)NCc1ccccc1. The van der Waals surface area contributed by atoms with Crippen molar-refractivity contribution < 1.29 is 0 Å². The molecular formula is C17H18N2. The third-order valence-electron chi connectivity index (χ3n) is 3.33. The monoisotopic (exact) mass is 250 g/mol. The number of nitriles is 1. The van der Waals surface area contributed by atoms with Crippen LogP contribution in [0.3, 0.4) is 0 Å². The van der Waals surface area contributed by atoms with Crippen LogP contribution in [0.25, 0.3) is 0 Å². The molecule has 0 amide bonds. The van der Waals surface area contributed by atoms with Crippen LogP contribution in [-0.2, 0) is 6.54 Å². The highest BCUT2D eigenvalue weighted by Crippen LogP contribution is 2.18. The summed E-state index contributed by atoms with van der Waals surface area (Å²) in [4.78, 5) is 0. The maximum atomic E-state index is 9.32. The molecule has 0 fully saturated rings. The van der Waals surface area contributed by atoms with E-state index in [9.17, 15) is 5.26 Å². The van der Waals surface area contributed by atoms with Gasteiger partial charge in [0.2, 0.25) is 0 Å². The number of benzene rings is 2. The van der Waals surface area contributed by atoms with Crippen LogP contribution in [0.15, 0.2) is 60.7 Å². The van der Waals surface area contributed by atoms with Gasteiger partial charge in [-0.3, -0.25) is 5.32 Å². The lowest BCUT2D eigenvalue weighted by molar-refractivity contribution is 0.530. The summed E-state index contributed by atoms with van der Waals surface area (Å²) in [6, 6.07) is 22.5. The molecule has 2 aromatic rings. The van der Waals surface area contributed by atoms with E-state index in [1.54, 1.807) is 0 Å². The minimum absolute atomic E-state index is 0.176. The second-order valence-electron chi connectivity index (χ2n) is 4.67. The van der Waals surface area contributed by atoms with Crippen molar-refractivity contribution in [1.82, 2.24) is 5.32 Å². The van der Waals surface area contributed by atoms with Gasteiger partial charge in [-0.05, 0) is 11.1 Å². The maximum Gasteiger partial charge on any atom is 0.102 e. The van der Waals surface area contributed by atoms with Gasteiger partial charge in [-0.25, -0.2) is 0 Å². The Balaban J connectivity index is 1.99. The molecule has 0 aliphatic carbocycles. The van der Waals surface area contributed by atoms with Crippen molar-refractivity contribution in [2.75, 3.05) is 0 Å². The van der Waals surface area contributed by atoms with E-state index >= 15 is 0 Å². The normalized spacial score (nSPS) is 13.5. The van der Waals surface area contributed by atoms with Crippen LogP contribution in [0.4, 0.5) is 0 Å². The zero-order valence-electron chi connectivity index (χ0n) is 11.1. The van der Waals surface area contributed by atoms with Crippen molar-refractivity contribution >= 4 is 0 Å². The Morgan fingerprint density at radius 2 is 1.58 bits per heavy atom. The van der Waals surface area contributed by atoms with Crippen molar-refractivity contribution in [2.45, 2.75) is 25.4 Å². The molecule has 2 atom stereocenters. The molecule has 2 rings (SSSR count). The fraction of sp³-hybridized carbons (Fsp3) is 0.235. The van der Waals surface area contributed by atoms with Crippen molar-refractivity contribution in [3.05, 3.63) is 71.8 Å². The summed E-state index contributed by atoms with van der Waals surface area (Å²) < 4.78 is 0. The standard InChI is InChI=1S/C17H18N2/c1-14(16-10-6-3-7-11-16)17(12-18)19-13-15-8-4-2-5-9-15/h2-11,14,17,19H,13H2,1H3. The number of nitrogens with zero attached hydrogens (tertiary/aromatic N) is 1. The zero-order chi connectivity index (χ0) is 13.5. The van der Waals surface area contributed by atoms with Crippen LogP contribution in [0, 0.1) is 11.3 Å². The molecule has 0 heterocycles. The quantitative estimate of drug-likeness (QED) is 0.882. The van der Waals surface area contributed by atoms with Crippen molar-refractivity contribution in [3.63, 3.8) is 0 Å². The van der Waals surface area contributed by atoms with Gasteiger partial charge in [-0.2, -0.15) is 5.26 Å². The van der Waals surface area contributed by atoms with Crippen molar-refractivity contribution in [3.8, 4) is 6.07 Å². The molecule has 0 bridgehead atoms. The van der Waals surface area contributed by atoms with Gasteiger partial charge in [0.05, 0.1) is 6.07 Å². The highest BCUT2D eigenvalue weighted by atomic mass is 14.9. The van der Waals surface area contributed by atoms with E-state index in [1.165, 1.54) is 11.1 Å². The highest BCUT2D eigenvalue weighted by molar-refractivity contribution is 5.23. The Morgan fingerprint density at radius 3 is 2.16 bits per heavy atom. The molecule has 0 saturated heterocycles. The highest BCUT2D eigenvalue weighted by Gasteiger charge is 2.17. The summed E-state index contributed by atoms with van der Waals surface area (Å²) in [6.45, 7) is 2.80. The van der Waals surface area contributed by atoms with Crippen LogP contribution >= 0.6 is 0 Å². The summed E-state index contributed by atoms with van der Waals surface area (Å²) in [5, 5.41) is 12.6. The third kappa shape index (κ3) is 3.67. The van der Waals surface area contributed by atoms with Gasteiger partial charge < -0.3 is 0 Å². The average molecular weight is 250 g/mol. The molecule has 2 aromatic carbocycles. The summed E-state index contributed by atoms with van der Waals surface area (Å²) in [6.07, 6.45) is 0. The Morgan fingerprint density at radius 1 is 1.00 bits per heavy atom. The molecule has 19 heavy (non-hydrogen) atoms. The first-order valence-corrected chi connectivity index (χ1v) is 6.53. The number of hydrogen-bond acceptors (Lipinski definition) is 2. The molecule has 2 nitrogen and oxygen atoms in total. The van der Waals surface area contributed by atoms with Gasteiger partial charge >= 0.3 is 0 Å². The molecule has 0 aliphatic rings.